The Morgan fingerprint density at radius 1 is 1.25 bits per heavy atom. The summed E-state index contributed by atoms with van der Waals surface area (Å²) < 4.78 is 28.6. The highest BCUT2D eigenvalue weighted by Crippen LogP contribution is 2.36. The van der Waals surface area contributed by atoms with Gasteiger partial charge in [-0.25, -0.2) is 13.8 Å². The van der Waals surface area contributed by atoms with Gasteiger partial charge < -0.3 is 5.32 Å². The van der Waals surface area contributed by atoms with Gasteiger partial charge in [-0.2, -0.15) is 0 Å². The molecule has 1 heterocycles. The van der Waals surface area contributed by atoms with E-state index >= 15 is 0 Å². The fourth-order valence-corrected chi connectivity index (χ4v) is 3.02. The Morgan fingerprint density at radius 2 is 2.00 bits per heavy atom. The topological polar surface area (TPSA) is 24.9 Å². The maximum Gasteiger partial charge on any atom is 0.149 e. The summed E-state index contributed by atoms with van der Waals surface area (Å²) >= 11 is 0. The van der Waals surface area contributed by atoms with Crippen molar-refractivity contribution >= 4 is 16.6 Å². The zero-order valence-corrected chi connectivity index (χ0v) is 11.8. The third-order valence-electron chi connectivity index (χ3n) is 3.96. The molecule has 0 radical (unpaired) electrons. The van der Waals surface area contributed by atoms with Crippen molar-refractivity contribution in [3.8, 4) is 0 Å². The van der Waals surface area contributed by atoms with E-state index in [9.17, 15) is 8.78 Å². The van der Waals surface area contributed by atoms with E-state index in [1.54, 1.807) is 6.92 Å². The quantitative estimate of drug-likeness (QED) is 0.892. The predicted molar refractivity (Wildman–Crippen MR) is 77.2 cm³/mol. The van der Waals surface area contributed by atoms with Crippen LogP contribution < -0.4 is 5.32 Å². The number of hydrogen-bond acceptors (Lipinski definition) is 2. The van der Waals surface area contributed by atoms with Gasteiger partial charge in [0.1, 0.15) is 17.2 Å². The average molecular weight is 276 g/mol. The minimum Gasteiger partial charge on any atom is -0.384 e. The number of fused-ring (bicyclic) bond motifs is 2. The largest absolute Gasteiger partial charge is 0.384 e. The van der Waals surface area contributed by atoms with E-state index in [1.807, 2.05) is 6.92 Å². The van der Waals surface area contributed by atoms with Gasteiger partial charge in [-0.15, -0.1) is 0 Å². The molecular weight excluding hydrogens is 258 g/mol. The molecule has 0 unspecified atom stereocenters. The number of anilines is 1. The summed E-state index contributed by atoms with van der Waals surface area (Å²) in [4.78, 5) is 4.41. The Hall–Kier alpha value is -1.71. The van der Waals surface area contributed by atoms with Crippen molar-refractivity contribution in [2.75, 3.05) is 11.9 Å². The van der Waals surface area contributed by atoms with Crippen LogP contribution in [0, 0.1) is 18.6 Å². The maximum atomic E-state index is 14.5. The third-order valence-corrected chi connectivity index (χ3v) is 3.96. The van der Waals surface area contributed by atoms with E-state index in [2.05, 4.69) is 10.3 Å². The first kappa shape index (κ1) is 13.3. The summed E-state index contributed by atoms with van der Waals surface area (Å²) in [5, 5.41) is 3.54. The maximum absolute atomic E-state index is 14.5. The number of hydrogen-bond donors (Lipinski definition) is 1. The first-order valence-corrected chi connectivity index (χ1v) is 7.17. The second-order valence-corrected chi connectivity index (χ2v) is 5.36. The molecule has 1 aromatic heterocycles. The molecule has 0 aliphatic heterocycles. The molecule has 20 heavy (non-hydrogen) atoms. The molecule has 106 valence electrons. The number of benzene rings is 1. The monoisotopic (exact) mass is 276 g/mol. The highest BCUT2D eigenvalue weighted by Gasteiger charge is 2.22. The molecule has 0 saturated heterocycles. The van der Waals surface area contributed by atoms with E-state index in [0.717, 1.165) is 42.6 Å². The minimum absolute atomic E-state index is 0.157. The third kappa shape index (κ3) is 1.94. The number of halogens is 2. The van der Waals surface area contributed by atoms with Crippen LogP contribution in [0.4, 0.5) is 14.5 Å². The van der Waals surface area contributed by atoms with Crippen LogP contribution in [0.2, 0.25) is 0 Å². The van der Waals surface area contributed by atoms with Crippen LogP contribution in [0.5, 0.6) is 0 Å². The molecule has 0 fully saturated rings. The van der Waals surface area contributed by atoms with Crippen molar-refractivity contribution in [2.45, 2.75) is 39.5 Å². The molecule has 0 bridgehead atoms. The fourth-order valence-electron chi connectivity index (χ4n) is 3.02. The van der Waals surface area contributed by atoms with Gasteiger partial charge in [0, 0.05) is 12.2 Å². The fraction of sp³-hybridized carbons (Fsp3) is 0.438. The summed E-state index contributed by atoms with van der Waals surface area (Å²) in [5.74, 6) is -0.801. The molecule has 4 heteroatoms. The van der Waals surface area contributed by atoms with Crippen LogP contribution in [0.15, 0.2) is 6.07 Å². The first-order chi connectivity index (χ1) is 9.63. The summed E-state index contributed by atoms with van der Waals surface area (Å²) in [6.07, 6.45) is 3.87. The lowest BCUT2D eigenvalue weighted by molar-refractivity contribution is 0.604. The summed E-state index contributed by atoms with van der Waals surface area (Å²) in [7, 11) is 0. The van der Waals surface area contributed by atoms with Gasteiger partial charge in [0.2, 0.25) is 0 Å². The van der Waals surface area contributed by atoms with Crippen LogP contribution in [-0.4, -0.2) is 11.5 Å². The minimum atomic E-state index is -0.438. The first-order valence-electron chi connectivity index (χ1n) is 7.17. The van der Waals surface area contributed by atoms with E-state index < -0.39 is 5.82 Å². The lowest BCUT2D eigenvalue weighted by atomic mass is 9.92. The Bertz CT molecular complexity index is 680. The summed E-state index contributed by atoms with van der Waals surface area (Å²) in [6.45, 7) is 4.24. The van der Waals surface area contributed by atoms with Crippen LogP contribution >= 0.6 is 0 Å². The highest BCUT2D eigenvalue weighted by molar-refractivity contribution is 5.95. The lowest BCUT2D eigenvalue weighted by Crippen LogP contribution is -2.12. The van der Waals surface area contributed by atoms with E-state index in [1.165, 1.54) is 6.07 Å². The summed E-state index contributed by atoms with van der Waals surface area (Å²) in [5.41, 5.74) is 3.21. The van der Waals surface area contributed by atoms with E-state index in [-0.39, 0.29) is 11.3 Å². The number of aryl methyl sites for hydroxylation is 2. The summed E-state index contributed by atoms with van der Waals surface area (Å²) in [6, 6.07) is 1.23. The zero-order chi connectivity index (χ0) is 14.3. The number of nitrogens with one attached hydrogen (secondary N) is 1. The van der Waals surface area contributed by atoms with Gasteiger partial charge >= 0.3 is 0 Å². The highest BCUT2D eigenvalue weighted by atomic mass is 19.1. The molecule has 2 nitrogen and oxygen atoms in total. The van der Waals surface area contributed by atoms with Gasteiger partial charge in [0.25, 0.3) is 0 Å². The molecule has 0 atom stereocenters. The van der Waals surface area contributed by atoms with Crippen LogP contribution in [0.3, 0.4) is 0 Å². The number of aromatic nitrogens is 1. The van der Waals surface area contributed by atoms with Crippen molar-refractivity contribution in [3.63, 3.8) is 0 Å². The van der Waals surface area contributed by atoms with Gasteiger partial charge in [0.15, 0.2) is 0 Å². The van der Waals surface area contributed by atoms with Gasteiger partial charge in [-0.05, 0) is 56.7 Å². The molecule has 1 aliphatic carbocycles. The van der Waals surface area contributed by atoms with Crippen molar-refractivity contribution in [1.82, 2.24) is 4.98 Å². The number of rotatable bonds is 2. The standard InChI is InChI=1S/C16H18F2N2/c1-3-19-15-10-6-4-5-7-12(10)20-16-11(17)8-9(2)14(18)13(15)16/h8H,3-7H2,1-2H3,(H,19,20). The lowest BCUT2D eigenvalue weighted by Gasteiger charge is -2.22. The Labute approximate surface area is 117 Å². The predicted octanol–water partition coefficient (Wildman–Crippen LogP) is 4.13. The molecule has 1 N–H and O–H groups in total. The van der Waals surface area contributed by atoms with Crippen LogP contribution in [0.25, 0.3) is 10.9 Å². The van der Waals surface area contributed by atoms with Gasteiger partial charge in [0.05, 0.1) is 11.1 Å². The molecule has 0 spiro atoms. The Kier molecular flexibility index (Phi) is 3.32. The molecular formula is C16H18F2N2. The molecule has 1 aliphatic rings. The van der Waals surface area contributed by atoms with E-state index in [4.69, 9.17) is 0 Å². The number of pyridine rings is 1. The zero-order valence-electron chi connectivity index (χ0n) is 11.8. The average Bonchev–Trinajstić information content (AvgIpc) is 2.45. The molecule has 3 rings (SSSR count). The Morgan fingerprint density at radius 3 is 2.75 bits per heavy atom. The van der Waals surface area contributed by atoms with Crippen LogP contribution in [0.1, 0.15) is 36.6 Å². The van der Waals surface area contributed by atoms with Crippen molar-refractivity contribution < 1.29 is 8.78 Å². The second kappa shape index (κ2) is 5.00. The van der Waals surface area contributed by atoms with Crippen molar-refractivity contribution in [3.05, 3.63) is 34.5 Å². The van der Waals surface area contributed by atoms with Crippen molar-refractivity contribution in [2.24, 2.45) is 0 Å². The normalized spacial score (nSPS) is 14.4. The molecule has 2 aromatic rings. The smallest absolute Gasteiger partial charge is 0.149 e. The number of nitrogens with zero attached hydrogens (tertiary/aromatic N) is 1. The van der Waals surface area contributed by atoms with Crippen LogP contribution in [-0.2, 0) is 12.8 Å². The second-order valence-electron chi connectivity index (χ2n) is 5.36. The molecule has 0 amide bonds. The Balaban J connectivity index is 2.42. The van der Waals surface area contributed by atoms with Gasteiger partial charge in [-0.3, -0.25) is 0 Å². The van der Waals surface area contributed by atoms with E-state index in [0.29, 0.717) is 17.5 Å². The SMILES string of the molecule is CCNc1c2c(nc3c(F)cc(C)c(F)c13)CCCC2. The molecule has 0 saturated carbocycles. The molecule has 1 aromatic carbocycles. The van der Waals surface area contributed by atoms with Crippen molar-refractivity contribution in [1.29, 1.82) is 0 Å². The van der Waals surface area contributed by atoms with Gasteiger partial charge in [-0.1, -0.05) is 0 Å².